The molecule has 0 aromatic carbocycles. The Kier molecular flexibility index (Phi) is 5.25. The fourth-order valence-corrected chi connectivity index (χ4v) is 2.95. The molecule has 2 atom stereocenters. The van der Waals surface area contributed by atoms with Crippen LogP contribution < -0.4 is 0 Å². The Bertz CT molecular complexity index is 584. The zero-order chi connectivity index (χ0) is 17.0. The summed E-state index contributed by atoms with van der Waals surface area (Å²) >= 11 is 0. The molecule has 0 saturated carbocycles. The highest BCUT2D eigenvalue weighted by Crippen LogP contribution is 2.27. The normalized spacial score (nSPS) is 21.6. The van der Waals surface area contributed by atoms with Crippen molar-refractivity contribution >= 4 is 6.09 Å². The number of amides is 1. The first-order valence-corrected chi connectivity index (χ1v) is 8.13. The van der Waals surface area contributed by atoms with E-state index in [2.05, 4.69) is 18.0 Å². The Morgan fingerprint density at radius 1 is 1.48 bits per heavy atom. The molecule has 1 aromatic heterocycles. The number of likely N-dealkylation sites (tertiary alicyclic amines) is 1. The summed E-state index contributed by atoms with van der Waals surface area (Å²) < 4.78 is 5.47. The van der Waals surface area contributed by atoms with E-state index in [-0.39, 0.29) is 12.1 Å². The molecular formula is C18H25N3O2. The van der Waals surface area contributed by atoms with Gasteiger partial charge >= 0.3 is 6.09 Å². The number of piperidine rings is 1. The summed E-state index contributed by atoms with van der Waals surface area (Å²) in [5.74, 6) is 0.504. The van der Waals surface area contributed by atoms with Gasteiger partial charge in [0, 0.05) is 24.5 Å². The van der Waals surface area contributed by atoms with Gasteiger partial charge in [0.15, 0.2) is 0 Å². The molecule has 0 aliphatic carbocycles. The van der Waals surface area contributed by atoms with Gasteiger partial charge in [-0.2, -0.15) is 5.26 Å². The Labute approximate surface area is 138 Å². The highest BCUT2D eigenvalue weighted by atomic mass is 16.6. The van der Waals surface area contributed by atoms with E-state index in [9.17, 15) is 4.79 Å². The number of carbonyl (C=O) groups is 1. The van der Waals surface area contributed by atoms with Gasteiger partial charge in [-0.3, -0.25) is 4.98 Å². The molecule has 1 aliphatic heterocycles. The molecule has 0 radical (unpaired) electrons. The van der Waals surface area contributed by atoms with Crippen LogP contribution in [0.5, 0.6) is 0 Å². The van der Waals surface area contributed by atoms with Gasteiger partial charge in [-0.1, -0.05) is 0 Å². The van der Waals surface area contributed by atoms with Gasteiger partial charge in [-0.15, -0.1) is 0 Å². The average molecular weight is 315 g/mol. The van der Waals surface area contributed by atoms with E-state index >= 15 is 0 Å². The van der Waals surface area contributed by atoms with Gasteiger partial charge in [0.05, 0.1) is 5.56 Å². The third-order valence-corrected chi connectivity index (χ3v) is 4.06. The van der Waals surface area contributed by atoms with E-state index in [1.807, 2.05) is 37.8 Å². The summed E-state index contributed by atoms with van der Waals surface area (Å²) in [4.78, 5) is 18.4. The largest absolute Gasteiger partial charge is 0.444 e. The number of carbonyl (C=O) groups excluding carboxylic acids is 1. The van der Waals surface area contributed by atoms with Crippen molar-refractivity contribution in [3.63, 3.8) is 0 Å². The highest BCUT2D eigenvalue weighted by Gasteiger charge is 2.31. The van der Waals surface area contributed by atoms with Crippen LogP contribution in [0.3, 0.4) is 0 Å². The molecule has 1 aromatic rings. The molecule has 1 amide bonds. The van der Waals surface area contributed by atoms with Crippen LogP contribution in [0, 0.1) is 17.2 Å². The molecule has 1 fully saturated rings. The van der Waals surface area contributed by atoms with Crippen LogP contribution in [0.2, 0.25) is 0 Å². The Hall–Kier alpha value is -2.09. The minimum absolute atomic E-state index is 0.169. The van der Waals surface area contributed by atoms with Gasteiger partial charge in [-0.05, 0) is 65.0 Å². The Balaban J connectivity index is 1.90. The van der Waals surface area contributed by atoms with Crippen molar-refractivity contribution in [3.8, 4) is 6.07 Å². The third kappa shape index (κ3) is 4.95. The van der Waals surface area contributed by atoms with Crippen LogP contribution in [0.15, 0.2) is 18.3 Å². The van der Waals surface area contributed by atoms with Gasteiger partial charge in [0.2, 0.25) is 0 Å². The van der Waals surface area contributed by atoms with Gasteiger partial charge in [-0.25, -0.2) is 4.79 Å². The SMILES string of the molecule is CC1CC(Cc2ccc(C#N)cn2)CCN1C(=O)OC(C)(C)C. The molecule has 5 nitrogen and oxygen atoms in total. The quantitative estimate of drug-likeness (QED) is 0.837. The molecule has 5 heteroatoms. The summed E-state index contributed by atoms with van der Waals surface area (Å²) in [6.45, 7) is 8.45. The second-order valence-electron chi connectivity index (χ2n) is 7.27. The van der Waals surface area contributed by atoms with Crippen LogP contribution in [0.1, 0.15) is 51.8 Å². The molecule has 124 valence electrons. The third-order valence-electron chi connectivity index (χ3n) is 4.06. The number of aromatic nitrogens is 1. The van der Waals surface area contributed by atoms with Gasteiger partial charge in [0.25, 0.3) is 0 Å². The van der Waals surface area contributed by atoms with Crippen LogP contribution in [0.4, 0.5) is 4.79 Å². The molecule has 2 heterocycles. The first-order valence-electron chi connectivity index (χ1n) is 8.13. The first kappa shape index (κ1) is 17.3. The van der Waals surface area contributed by atoms with Crippen LogP contribution in [-0.4, -0.2) is 34.2 Å². The second-order valence-corrected chi connectivity index (χ2v) is 7.27. The van der Waals surface area contributed by atoms with Crippen molar-refractivity contribution in [1.82, 2.24) is 9.88 Å². The Morgan fingerprint density at radius 3 is 2.74 bits per heavy atom. The van der Waals surface area contributed by atoms with E-state index in [1.165, 1.54) is 0 Å². The van der Waals surface area contributed by atoms with Crippen LogP contribution in [0.25, 0.3) is 0 Å². The summed E-state index contributed by atoms with van der Waals surface area (Å²) in [6.07, 6.45) is 4.18. The predicted molar refractivity (Wildman–Crippen MR) is 87.8 cm³/mol. The number of hydrogen-bond donors (Lipinski definition) is 0. The second kappa shape index (κ2) is 6.99. The standard InChI is InChI=1S/C18H25N3O2/c1-13-9-14(10-16-6-5-15(11-19)12-20-16)7-8-21(13)17(22)23-18(2,3)4/h5-6,12-14H,7-10H2,1-4H3. The summed E-state index contributed by atoms with van der Waals surface area (Å²) in [6, 6.07) is 5.98. The van der Waals surface area contributed by atoms with E-state index in [0.29, 0.717) is 11.5 Å². The number of nitriles is 1. The van der Waals surface area contributed by atoms with Crippen molar-refractivity contribution in [3.05, 3.63) is 29.6 Å². The predicted octanol–water partition coefficient (Wildman–Crippen LogP) is 3.53. The molecule has 23 heavy (non-hydrogen) atoms. The van der Waals surface area contributed by atoms with Crippen molar-refractivity contribution in [2.45, 2.75) is 58.6 Å². The van der Waals surface area contributed by atoms with Gasteiger partial charge in [0.1, 0.15) is 11.7 Å². The lowest BCUT2D eigenvalue weighted by atomic mass is 9.88. The lowest BCUT2D eigenvalue weighted by Gasteiger charge is -2.38. The van der Waals surface area contributed by atoms with E-state index in [4.69, 9.17) is 10.00 Å². The van der Waals surface area contributed by atoms with Crippen LogP contribution >= 0.6 is 0 Å². The molecule has 2 rings (SSSR count). The average Bonchev–Trinajstić information content (AvgIpc) is 2.46. The minimum Gasteiger partial charge on any atom is -0.444 e. The van der Waals surface area contributed by atoms with Crippen LogP contribution in [-0.2, 0) is 11.2 Å². The van der Waals surface area contributed by atoms with Crippen molar-refractivity contribution in [2.24, 2.45) is 5.92 Å². The molecule has 0 bridgehead atoms. The van der Waals surface area contributed by atoms with Crippen molar-refractivity contribution < 1.29 is 9.53 Å². The minimum atomic E-state index is -0.458. The maximum absolute atomic E-state index is 12.2. The lowest BCUT2D eigenvalue weighted by molar-refractivity contribution is 0.00715. The maximum Gasteiger partial charge on any atom is 0.410 e. The number of rotatable bonds is 2. The molecule has 2 unspecified atom stereocenters. The number of pyridine rings is 1. The smallest absolute Gasteiger partial charge is 0.410 e. The summed E-state index contributed by atoms with van der Waals surface area (Å²) in [7, 11) is 0. The fourth-order valence-electron chi connectivity index (χ4n) is 2.95. The Morgan fingerprint density at radius 2 is 2.22 bits per heavy atom. The zero-order valence-corrected chi connectivity index (χ0v) is 14.4. The molecule has 1 aliphatic rings. The van der Waals surface area contributed by atoms with E-state index < -0.39 is 5.60 Å². The van der Waals surface area contributed by atoms with Crippen molar-refractivity contribution in [2.75, 3.05) is 6.54 Å². The summed E-state index contributed by atoms with van der Waals surface area (Å²) in [5, 5.41) is 8.81. The molecule has 1 saturated heterocycles. The fraction of sp³-hybridized carbons (Fsp3) is 0.611. The number of hydrogen-bond acceptors (Lipinski definition) is 4. The van der Waals surface area contributed by atoms with Gasteiger partial charge < -0.3 is 9.64 Å². The van der Waals surface area contributed by atoms with Crippen molar-refractivity contribution in [1.29, 1.82) is 5.26 Å². The zero-order valence-electron chi connectivity index (χ0n) is 14.4. The highest BCUT2D eigenvalue weighted by molar-refractivity contribution is 5.68. The maximum atomic E-state index is 12.2. The topological polar surface area (TPSA) is 66.2 Å². The monoisotopic (exact) mass is 315 g/mol. The van der Waals surface area contributed by atoms with E-state index in [1.54, 1.807) is 6.20 Å². The number of nitrogens with zero attached hydrogens (tertiary/aromatic N) is 3. The number of ether oxygens (including phenoxy) is 1. The summed E-state index contributed by atoms with van der Waals surface area (Å²) in [5.41, 5.74) is 1.13. The molecule has 0 spiro atoms. The molecule has 0 N–H and O–H groups in total. The van der Waals surface area contributed by atoms with E-state index in [0.717, 1.165) is 31.5 Å². The first-order chi connectivity index (χ1) is 10.8. The lowest BCUT2D eigenvalue weighted by Crippen LogP contribution is -2.47. The molecular weight excluding hydrogens is 290 g/mol.